The maximum atomic E-state index is 12.5. The highest BCUT2D eigenvalue weighted by molar-refractivity contribution is 6.31. The summed E-state index contributed by atoms with van der Waals surface area (Å²) in [7, 11) is 0. The predicted molar refractivity (Wildman–Crippen MR) is 109 cm³/mol. The van der Waals surface area contributed by atoms with E-state index in [1.807, 2.05) is 45.0 Å². The number of aryl methyl sites for hydroxylation is 2. The van der Waals surface area contributed by atoms with E-state index in [9.17, 15) is 4.79 Å². The van der Waals surface area contributed by atoms with Crippen LogP contribution in [0, 0.1) is 13.8 Å². The number of aromatic nitrogens is 1. The lowest BCUT2D eigenvalue weighted by Gasteiger charge is -2.38. The SMILES string of the molecule is Cc1noc(C)c1CC(C)NC(=O)NCC1(c2ccccc2Cl)CCOCC1. The van der Waals surface area contributed by atoms with Crippen LogP contribution < -0.4 is 10.6 Å². The monoisotopic (exact) mass is 405 g/mol. The maximum absolute atomic E-state index is 12.5. The highest BCUT2D eigenvalue weighted by atomic mass is 35.5. The first kappa shape index (κ1) is 20.7. The van der Waals surface area contributed by atoms with Crippen molar-refractivity contribution in [1.82, 2.24) is 15.8 Å². The van der Waals surface area contributed by atoms with Gasteiger partial charge in [0.05, 0.1) is 5.69 Å². The zero-order valence-corrected chi connectivity index (χ0v) is 17.4. The maximum Gasteiger partial charge on any atom is 0.315 e. The third-order valence-corrected chi connectivity index (χ3v) is 5.88. The number of carbonyl (C=O) groups is 1. The number of hydrogen-bond acceptors (Lipinski definition) is 4. The largest absolute Gasteiger partial charge is 0.381 e. The molecule has 0 bridgehead atoms. The van der Waals surface area contributed by atoms with Crippen molar-refractivity contribution < 1.29 is 14.1 Å². The van der Waals surface area contributed by atoms with E-state index in [2.05, 4.69) is 15.8 Å². The average Bonchev–Trinajstić information content (AvgIpc) is 2.99. The van der Waals surface area contributed by atoms with Gasteiger partial charge in [0.1, 0.15) is 5.76 Å². The summed E-state index contributed by atoms with van der Waals surface area (Å²) >= 11 is 6.47. The molecule has 3 rings (SSSR count). The molecule has 0 radical (unpaired) electrons. The molecule has 2 heterocycles. The van der Waals surface area contributed by atoms with Gasteiger partial charge in [0, 0.05) is 41.8 Å². The second-order valence-electron chi connectivity index (χ2n) is 7.61. The van der Waals surface area contributed by atoms with Gasteiger partial charge in [-0.05, 0) is 51.7 Å². The van der Waals surface area contributed by atoms with E-state index in [-0.39, 0.29) is 17.5 Å². The van der Waals surface area contributed by atoms with Crippen LogP contribution in [-0.4, -0.2) is 37.0 Å². The Morgan fingerprint density at radius 3 is 2.64 bits per heavy atom. The Balaban J connectivity index is 1.62. The minimum absolute atomic E-state index is 0.0391. The summed E-state index contributed by atoms with van der Waals surface area (Å²) in [4.78, 5) is 12.5. The fraction of sp³-hybridized carbons (Fsp3) is 0.524. The van der Waals surface area contributed by atoms with Crippen LogP contribution in [0.5, 0.6) is 0 Å². The van der Waals surface area contributed by atoms with Gasteiger partial charge in [-0.1, -0.05) is 35.0 Å². The normalized spacial score (nSPS) is 17.1. The van der Waals surface area contributed by atoms with E-state index in [0.717, 1.165) is 40.4 Å². The third kappa shape index (κ3) is 4.67. The second-order valence-corrected chi connectivity index (χ2v) is 8.01. The molecule has 1 fully saturated rings. The van der Waals surface area contributed by atoms with E-state index in [4.69, 9.17) is 20.9 Å². The van der Waals surface area contributed by atoms with Gasteiger partial charge in [-0.3, -0.25) is 0 Å². The summed E-state index contributed by atoms with van der Waals surface area (Å²) in [5.41, 5.74) is 2.78. The van der Waals surface area contributed by atoms with E-state index in [1.165, 1.54) is 0 Å². The van der Waals surface area contributed by atoms with Crippen molar-refractivity contribution in [2.45, 2.75) is 51.5 Å². The zero-order valence-electron chi connectivity index (χ0n) is 16.7. The van der Waals surface area contributed by atoms with Crippen molar-refractivity contribution in [3.05, 3.63) is 51.9 Å². The summed E-state index contributed by atoms with van der Waals surface area (Å²) in [6.07, 6.45) is 2.33. The Labute approximate surface area is 171 Å². The number of nitrogens with one attached hydrogen (secondary N) is 2. The first-order valence-electron chi connectivity index (χ1n) is 9.70. The van der Waals surface area contributed by atoms with E-state index >= 15 is 0 Å². The molecule has 152 valence electrons. The predicted octanol–water partition coefficient (Wildman–Crippen LogP) is 3.92. The number of nitrogens with zero attached hydrogens (tertiary/aromatic N) is 1. The number of amides is 2. The molecule has 7 heteroatoms. The molecule has 1 saturated heterocycles. The van der Waals surface area contributed by atoms with Gasteiger partial charge in [-0.25, -0.2) is 4.79 Å². The molecule has 28 heavy (non-hydrogen) atoms. The number of benzene rings is 1. The lowest BCUT2D eigenvalue weighted by Crippen LogP contribution is -2.49. The van der Waals surface area contributed by atoms with Gasteiger partial charge < -0.3 is 19.9 Å². The molecule has 1 aromatic carbocycles. The van der Waals surface area contributed by atoms with Crippen LogP contribution in [0.2, 0.25) is 5.02 Å². The summed E-state index contributed by atoms with van der Waals surface area (Å²) < 4.78 is 10.8. The quantitative estimate of drug-likeness (QED) is 0.763. The molecule has 2 aromatic rings. The van der Waals surface area contributed by atoms with Crippen molar-refractivity contribution in [2.75, 3.05) is 19.8 Å². The first-order chi connectivity index (χ1) is 13.4. The number of hydrogen-bond donors (Lipinski definition) is 2. The van der Waals surface area contributed by atoms with Gasteiger partial charge in [0.25, 0.3) is 0 Å². The number of carbonyl (C=O) groups excluding carboxylic acids is 1. The van der Waals surface area contributed by atoms with Crippen LogP contribution in [0.4, 0.5) is 4.79 Å². The zero-order chi connectivity index (χ0) is 20.1. The molecule has 6 nitrogen and oxygen atoms in total. The molecule has 1 aliphatic heterocycles. The molecule has 1 aromatic heterocycles. The molecule has 2 N–H and O–H groups in total. The van der Waals surface area contributed by atoms with Crippen molar-refractivity contribution in [1.29, 1.82) is 0 Å². The average molecular weight is 406 g/mol. The number of rotatable bonds is 6. The molecule has 0 saturated carbocycles. The molecular formula is C21H28ClN3O3. The van der Waals surface area contributed by atoms with E-state index in [1.54, 1.807) is 0 Å². The molecule has 1 unspecified atom stereocenters. The molecule has 2 amide bonds. The van der Waals surface area contributed by atoms with Crippen molar-refractivity contribution in [3.63, 3.8) is 0 Å². The summed E-state index contributed by atoms with van der Waals surface area (Å²) in [5.74, 6) is 0.798. The fourth-order valence-corrected chi connectivity index (χ4v) is 4.21. The van der Waals surface area contributed by atoms with Gasteiger partial charge in [-0.15, -0.1) is 0 Å². The highest BCUT2D eigenvalue weighted by Gasteiger charge is 2.36. The van der Waals surface area contributed by atoms with Crippen LogP contribution in [0.25, 0.3) is 0 Å². The Morgan fingerprint density at radius 1 is 1.29 bits per heavy atom. The lowest BCUT2D eigenvalue weighted by atomic mass is 9.74. The number of urea groups is 1. The summed E-state index contributed by atoms with van der Waals surface area (Å²) in [6.45, 7) is 7.62. The van der Waals surface area contributed by atoms with Crippen LogP contribution in [0.3, 0.4) is 0 Å². The van der Waals surface area contributed by atoms with Gasteiger partial charge in [-0.2, -0.15) is 0 Å². The van der Waals surface area contributed by atoms with Crippen molar-refractivity contribution in [3.8, 4) is 0 Å². The second kappa shape index (κ2) is 8.97. The summed E-state index contributed by atoms with van der Waals surface area (Å²) in [6, 6.07) is 7.65. The van der Waals surface area contributed by atoms with Crippen LogP contribution in [0.15, 0.2) is 28.8 Å². The highest BCUT2D eigenvalue weighted by Crippen LogP contribution is 2.38. The Kier molecular flexibility index (Phi) is 6.62. The van der Waals surface area contributed by atoms with Crippen molar-refractivity contribution in [2.24, 2.45) is 0 Å². The van der Waals surface area contributed by atoms with Gasteiger partial charge in [0.2, 0.25) is 0 Å². The minimum atomic E-state index is -0.209. The molecular weight excluding hydrogens is 378 g/mol. The first-order valence-corrected chi connectivity index (χ1v) is 10.1. The van der Waals surface area contributed by atoms with Crippen LogP contribution in [-0.2, 0) is 16.6 Å². The molecule has 0 aliphatic carbocycles. The Morgan fingerprint density at radius 2 is 2.00 bits per heavy atom. The van der Waals surface area contributed by atoms with Crippen LogP contribution in [0.1, 0.15) is 42.3 Å². The Hall–Kier alpha value is -2.05. The van der Waals surface area contributed by atoms with Crippen LogP contribution >= 0.6 is 11.6 Å². The summed E-state index contributed by atoms with van der Waals surface area (Å²) in [5, 5.41) is 10.8. The Bertz CT molecular complexity index is 795. The fourth-order valence-electron chi connectivity index (χ4n) is 3.87. The topological polar surface area (TPSA) is 76.4 Å². The minimum Gasteiger partial charge on any atom is -0.381 e. The number of halogens is 1. The number of ether oxygens (including phenoxy) is 1. The third-order valence-electron chi connectivity index (χ3n) is 5.55. The lowest BCUT2D eigenvalue weighted by molar-refractivity contribution is 0.0507. The molecule has 1 atom stereocenters. The molecule has 1 aliphatic rings. The van der Waals surface area contributed by atoms with E-state index in [0.29, 0.717) is 26.2 Å². The standard InChI is InChI=1S/C21H28ClN3O3/c1-14(12-17-15(2)25-28-16(17)3)24-20(26)23-13-21(8-10-27-11-9-21)18-6-4-5-7-19(18)22/h4-7,14H,8-13H2,1-3H3,(H2,23,24,26). The van der Waals surface area contributed by atoms with Crippen molar-refractivity contribution >= 4 is 17.6 Å². The van der Waals surface area contributed by atoms with Gasteiger partial charge in [0.15, 0.2) is 0 Å². The van der Waals surface area contributed by atoms with E-state index < -0.39 is 0 Å². The smallest absolute Gasteiger partial charge is 0.315 e. The van der Waals surface area contributed by atoms with Gasteiger partial charge >= 0.3 is 6.03 Å². The molecule has 0 spiro atoms.